The maximum Gasteiger partial charge on any atom is 2.00 e. The standard InChI is InChI=1S/C18H39O3PS.Zn/c1-2-3-4-5-6-7-8-9-10-11-12-13-14-15-16-17-18-21-22(19,20)23;/h2-18H2,1H3,(H2,19,20,23);/q;+2/p-2. The number of hydrogen-bond donors (Lipinski definition) is 0. The minimum absolute atomic E-state index is 0. The molecule has 0 fully saturated rings. The van der Waals surface area contributed by atoms with Gasteiger partial charge in [-0.05, 0) is 6.42 Å². The number of hydrogen-bond acceptors (Lipinski definition) is 4. The zero-order chi connectivity index (χ0) is 17.2. The van der Waals surface area contributed by atoms with E-state index in [4.69, 9.17) is 0 Å². The third-order valence-corrected chi connectivity index (χ3v) is 5.06. The van der Waals surface area contributed by atoms with Crippen LogP contribution in [0.25, 0.3) is 0 Å². The molecule has 0 aromatic carbocycles. The SMILES string of the molecule is CCCCCCCCCCCCCCCCCCOP([O-])([O-])=S.[Zn+2]. The average molecular weight is 430 g/mol. The molecule has 6 heteroatoms. The van der Waals surface area contributed by atoms with Crippen LogP contribution in [0, 0.1) is 0 Å². The van der Waals surface area contributed by atoms with E-state index in [1.165, 1.54) is 89.9 Å². The summed E-state index contributed by atoms with van der Waals surface area (Å²) in [7, 11) is 0. The fraction of sp³-hybridized carbons (Fsp3) is 1.00. The average Bonchev–Trinajstić information content (AvgIpc) is 2.49. The first-order valence-electron chi connectivity index (χ1n) is 9.73. The molecule has 0 aliphatic heterocycles. The fourth-order valence-corrected chi connectivity index (χ4v) is 3.40. The molecule has 0 N–H and O–H groups in total. The van der Waals surface area contributed by atoms with Crippen molar-refractivity contribution in [1.29, 1.82) is 0 Å². The van der Waals surface area contributed by atoms with E-state index in [1.54, 1.807) is 0 Å². The Kier molecular flexibility index (Phi) is 23.3. The van der Waals surface area contributed by atoms with Gasteiger partial charge in [-0.2, -0.15) is 0 Å². The van der Waals surface area contributed by atoms with Gasteiger partial charge in [0, 0.05) is 6.61 Å². The van der Waals surface area contributed by atoms with Gasteiger partial charge in [-0.25, -0.2) is 0 Å². The van der Waals surface area contributed by atoms with E-state index in [1.807, 2.05) is 0 Å². The molecule has 0 atom stereocenters. The van der Waals surface area contributed by atoms with E-state index in [-0.39, 0.29) is 26.1 Å². The van der Waals surface area contributed by atoms with E-state index in [0.29, 0.717) is 0 Å². The molecule has 140 valence electrons. The molecule has 0 aromatic heterocycles. The van der Waals surface area contributed by atoms with Crippen molar-refractivity contribution >= 4 is 18.5 Å². The summed E-state index contributed by atoms with van der Waals surface area (Å²) in [6.45, 7) is -1.40. The normalized spacial score (nSPS) is 11.5. The quantitative estimate of drug-likeness (QED) is 0.170. The van der Waals surface area contributed by atoms with E-state index in [2.05, 4.69) is 23.3 Å². The number of unbranched alkanes of at least 4 members (excludes halogenated alkanes) is 15. The summed E-state index contributed by atoms with van der Waals surface area (Å²) in [6.07, 6.45) is 20.9. The summed E-state index contributed by atoms with van der Waals surface area (Å²) in [6, 6.07) is 0. The van der Waals surface area contributed by atoms with Crippen molar-refractivity contribution in [3.8, 4) is 0 Å². The third-order valence-electron chi connectivity index (χ3n) is 4.25. The molecule has 24 heavy (non-hydrogen) atoms. The molecule has 0 saturated carbocycles. The van der Waals surface area contributed by atoms with Crippen molar-refractivity contribution in [2.45, 2.75) is 110 Å². The molecule has 0 aliphatic rings. The van der Waals surface area contributed by atoms with Crippen molar-refractivity contribution in [2.24, 2.45) is 0 Å². The molecule has 3 nitrogen and oxygen atoms in total. The largest absolute Gasteiger partial charge is 2.00 e. The molecule has 0 aromatic rings. The predicted octanol–water partition coefficient (Wildman–Crippen LogP) is 5.21. The molecule has 0 saturated heterocycles. The third kappa shape index (κ3) is 25.4. The van der Waals surface area contributed by atoms with Gasteiger partial charge in [-0.15, -0.1) is 11.8 Å². The van der Waals surface area contributed by atoms with Crippen LogP contribution in [0.1, 0.15) is 110 Å². The van der Waals surface area contributed by atoms with Crippen LogP contribution in [0.3, 0.4) is 0 Å². The van der Waals surface area contributed by atoms with Crippen LogP contribution >= 0.6 is 6.72 Å². The van der Waals surface area contributed by atoms with Gasteiger partial charge in [-0.3, -0.25) is 0 Å². The topological polar surface area (TPSA) is 55.3 Å². The maximum absolute atomic E-state index is 10.6. The van der Waals surface area contributed by atoms with Crippen LogP contribution in [0.4, 0.5) is 0 Å². The first kappa shape index (κ1) is 27.4. The van der Waals surface area contributed by atoms with Crippen molar-refractivity contribution in [3.05, 3.63) is 0 Å². The second-order valence-corrected chi connectivity index (χ2v) is 9.08. The molecule has 0 heterocycles. The second kappa shape index (κ2) is 20.5. The van der Waals surface area contributed by atoms with Crippen LogP contribution in [-0.4, -0.2) is 6.61 Å². The zero-order valence-corrected chi connectivity index (χ0v) is 20.5. The van der Waals surface area contributed by atoms with Gasteiger partial charge < -0.3 is 14.3 Å². The van der Waals surface area contributed by atoms with Gasteiger partial charge in [0.2, 0.25) is 0 Å². The minimum atomic E-state index is -3.92. The fourth-order valence-electron chi connectivity index (χ4n) is 2.83. The summed E-state index contributed by atoms with van der Waals surface area (Å²) in [5.74, 6) is 0. The molecular weight excluding hydrogens is 393 g/mol. The Morgan fingerprint density at radius 2 is 0.917 bits per heavy atom. The smallest absolute Gasteiger partial charge is 0.812 e. The molecule has 0 amide bonds. The van der Waals surface area contributed by atoms with Crippen molar-refractivity contribution in [1.82, 2.24) is 0 Å². The van der Waals surface area contributed by atoms with Crippen molar-refractivity contribution in [3.63, 3.8) is 0 Å². The van der Waals surface area contributed by atoms with E-state index in [9.17, 15) is 9.79 Å². The minimum Gasteiger partial charge on any atom is -0.812 e. The molecule has 0 radical (unpaired) electrons. The molecule has 0 spiro atoms. The Hall–Kier alpha value is 1.15. The molecular formula is C18H37O3PSZn. The molecule has 0 aliphatic carbocycles. The monoisotopic (exact) mass is 428 g/mol. The Morgan fingerprint density at radius 3 is 1.21 bits per heavy atom. The van der Waals surface area contributed by atoms with Gasteiger partial charge in [0.15, 0.2) is 0 Å². The van der Waals surface area contributed by atoms with E-state index in [0.717, 1.165) is 12.8 Å². The molecule has 0 rings (SSSR count). The zero-order valence-electron chi connectivity index (χ0n) is 15.8. The van der Waals surface area contributed by atoms with Crippen LogP contribution in [0.15, 0.2) is 0 Å². The summed E-state index contributed by atoms with van der Waals surface area (Å²) in [4.78, 5) is 21.2. The van der Waals surface area contributed by atoms with Gasteiger partial charge >= 0.3 is 19.5 Å². The second-order valence-electron chi connectivity index (χ2n) is 6.58. The Labute approximate surface area is 168 Å². The maximum atomic E-state index is 10.6. The summed E-state index contributed by atoms with van der Waals surface area (Å²) in [5, 5.41) is 0. The van der Waals surface area contributed by atoms with Gasteiger partial charge in [-0.1, -0.05) is 110 Å². The molecule has 0 bridgehead atoms. The Morgan fingerprint density at radius 1 is 0.625 bits per heavy atom. The van der Waals surface area contributed by atoms with Gasteiger partial charge in [0.25, 0.3) is 0 Å². The number of rotatable bonds is 18. The van der Waals surface area contributed by atoms with Crippen molar-refractivity contribution in [2.75, 3.05) is 6.61 Å². The Bertz CT molecular complexity index is 287. The van der Waals surface area contributed by atoms with Crippen LogP contribution < -0.4 is 9.79 Å². The van der Waals surface area contributed by atoms with Crippen LogP contribution in [0.5, 0.6) is 0 Å². The van der Waals surface area contributed by atoms with Gasteiger partial charge in [0.05, 0.1) is 0 Å². The van der Waals surface area contributed by atoms with Gasteiger partial charge in [0.1, 0.15) is 0 Å². The summed E-state index contributed by atoms with van der Waals surface area (Å²) < 4.78 is 4.56. The van der Waals surface area contributed by atoms with E-state index >= 15 is 0 Å². The summed E-state index contributed by atoms with van der Waals surface area (Å²) in [5.41, 5.74) is 0. The summed E-state index contributed by atoms with van der Waals surface area (Å²) >= 11 is 4.17. The Balaban J connectivity index is 0. The van der Waals surface area contributed by atoms with Crippen LogP contribution in [-0.2, 0) is 35.8 Å². The van der Waals surface area contributed by atoms with Crippen LogP contribution in [0.2, 0.25) is 0 Å². The first-order valence-corrected chi connectivity index (χ1v) is 12.3. The predicted molar refractivity (Wildman–Crippen MR) is 99.8 cm³/mol. The molecule has 0 unspecified atom stereocenters. The first-order chi connectivity index (χ1) is 11.1. The van der Waals surface area contributed by atoms with Crippen molar-refractivity contribution < 1.29 is 33.8 Å². The van der Waals surface area contributed by atoms with E-state index < -0.39 is 6.72 Å².